The molecule has 2 atom stereocenters. The summed E-state index contributed by atoms with van der Waals surface area (Å²) in [6.45, 7) is 8.18. The molecule has 6 heteroatoms. The van der Waals surface area contributed by atoms with E-state index in [0.717, 1.165) is 6.54 Å². The predicted molar refractivity (Wildman–Crippen MR) is 74.5 cm³/mol. The molecule has 6 nitrogen and oxygen atoms in total. The molecule has 1 fully saturated rings. The van der Waals surface area contributed by atoms with Gasteiger partial charge < -0.3 is 20.9 Å². The molecule has 0 saturated carbocycles. The van der Waals surface area contributed by atoms with E-state index in [2.05, 4.69) is 24.2 Å². The first-order valence-corrected chi connectivity index (χ1v) is 6.84. The van der Waals surface area contributed by atoms with E-state index in [0.29, 0.717) is 19.1 Å². The van der Waals surface area contributed by atoms with Crippen LogP contribution in [0.2, 0.25) is 0 Å². The minimum atomic E-state index is -0.556. The third-order valence-corrected chi connectivity index (χ3v) is 3.75. The van der Waals surface area contributed by atoms with Crippen molar-refractivity contribution in [3.8, 4) is 0 Å². The number of likely N-dealkylation sites (N-methyl/N-ethyl adjacent to an activating group) is 1. The van der Waals surface area contributed by atoms with Crippen molar-refractivity contribution >= 4 is 11.8 Å². The molecule has 0 aromatic heterocycles. The monoisotopic (exact) mass is 270 g/mol. The average Bonchev–Trinajstić information content (AvgIpc) is 2.37. The molecule has 0 spiro atoms. The van der Waals surface area contributed by atoms with Crippen molar-refractivity contribution in [2.45, 2.75) is 32.9 Å². The summed E-state index contributed by atoms with van der Waals surface area (Å²) < 4.78 is 0. The highest BCUT2D eigenvalue weighted by Gasteiger charge is 2.25. The molecule has 0 aliphatic carbocycles. The molecule has 0 aromatic rings. The van der Waals surface area contributed by atoms with Crippen LogP contribution in [0.15, 0.2) is 0 Å². The van der Waals surface area contributed by atoms with Gasteiger partial charge in [-0.3, -0.25) is 9.59 Å². The van der Waals surface area contributed by atoms with Gasteiger partial charge in [0.2, 0.25) is 11.8 Å². The maximum Gasteiger partial charge on any atom is 0.242 e. The van der Waals surface area contributed by atoms with E-state index in [-0.39, 0.29) is 24.3 Å². The van der Waals surface area contributed by atoms with Gasteiger partial charge in [0.05, 0.1) is 12.6 Å². The number of piperazine rings is 1. The minimum absolute atomic E-state index is 0.0374. The number of rotatable bonds is 4. The Bertz CT molecular complexity index is 333. The zero-order chi connectivity index (χ0) is 14.6. The van der Waals surface area contributed by atoms with Crippen LogP contribution in [0.4, 0.5) is 0 Å². The van der Waals surface area contributed by atoms with Crippen LogP contribution in [0.5, 0.6) is 0 Å². The summed E-state index contributed by atoms with van der Waals surface area (Å²) in [5.74, 6) is -0.228. The standard InChI is InChI=1S/C13H26N4O2/c1-9(2)12(14)13(19)15-7-11(18)17-6-5-16(4)10(3)8-17/h9-10,12H,5-8,14H2,1-4H3,(H,15,19)/t10?,12-/m0/s1. The molecule has 3 N–H and O–H groups in total. The largest absolute Gasteiger partial charge is 0.346 e. The summed E-state index contributed by atoms with van der Waals surface area (Å²) in [5.41, 5.74) is 5.72. The number of nitrogens with one attached hydrogen (secondary N) is 1. The van der Waals surface area contributed by atoms with Gasteiger partial charge in [-0.25, -0.2) is 0 Å². The lowest BCUT2D eigenvalue weighted by Gasteiger charge is -2.37. The molecule has 0 bridgehead atoms. The fraction of sp³-hybridized carbons (Fsp3) is 0.846. The molecular formula is C13H26N4O2. The third-order valence-electron chi connectivity index (χ3n) is 3.75. The smallest absolute Gasteiger partial charge is 0.242 e. The van der Waals surface area contributed by atoms with E-state index in [1.807, 2.05) is 13.8 Å². The van der Waals surface area contributed by atoms with Crippen LogP contribution in [0.1, 0.15) is 20.8 Å². The summed E-state index contributed by atoms with van der Waals surface area (Å²) in [4.78, 5) is 27.7. The zero-order valence-corrected chi connectivity index (χ0v) is 12.3. The topological polar surface area (TPSA) is 78.7 Å². The van der Waals surface area contributed by atoms with Gasteiger partial charge >= 0.3 is 0 Å². The Labute approximate surface area is 115 Å². The Morgan fingerprint density at radius 2 is 2.00 bits per heavy atom. The minimum Gasteiger partial charge on any atom is -0.346 e. The SMILES string of the molecule is CC(C)[C@H](N)C(=O)NCC(=O)N1CCN(C)C(C)C1. The summed E-state index contributed by atoms with van der Waals surface area (Å²) in [7, 11) is 2.05. The van der Waals surface area contributed by atoms with Crippen molar-refractivity contribution in [3.05, 3.63) is 0 Å². The number of nitrogens with two attached hydrogens (primary N) is 1. The number of amides is 2. The van der Waals surface area contributed by atoms with Crippen LogP contribution in [-0.2, 0) is 9.59 Å². The summed E-state index contributed by atoms with van der Waals surface area (Å²) in [6.07, 6.45) is 0. The average molecular weight is 270 g/mol. The fourth-order valence-corrected chi connectivity index (χ4v) is 1.97. The van der Waals surface area contributed by atoms with Crippen LogP contribution >= 0.6 is 0 Å². The van der Waals surface area contributed by atoms with Gasteiger partial charge in [-0.2, -0.15) is 0 Å². The Kier molecular flexibility index (Phi) is 5.75. The molecule has 1 saturated heterocycles. The lowest BCUT2D eigenvalue weighted by atomic mass is 10.1. The second-order valence-electron chi connectivity index (χ2n) is 5.66. The highest BCUT2D eigenvalue weighted by molar-refractivity contribution is 5.87. The Hall–Kier alpha value is -1.14. The van der Waals surface area contributed by atoms with Crippen molar-refractivity contribution < 1.29 is 9.59 Å². The molecule has 1 aliphatic rings. The first-order valence-electron chi connectivity index (χ1n) is 6.84. The summed E-state index contributed by atoms with van der Waals surface area (Å²) in [6, 6.07) is -0.203. The van der Waals surface area contributed by atoms with Crippen molar-refractivity contribution in [2.24, 2.45) is 11.7 Å². The molecule has 1 rings (SSSR count). The van der Waals surface area contributed by atoms with Gasteiger partial charge in [0.1, 0.15) is 0 Å². The molecule has 2 amide bonds. The van der Waals surface area contributed by atoms with Crippen LogP contribution in [0.3, 0.4) is 0 Å². The lowest BCUT2D eigenvalue weighted by molar-refractivity contribution is -0.135. The number of hydrogen-bond acceptors (Lipinski definition) is 4. The van der Waals surface area contributed by atoms with Crippen molar-refractivity contribution in [2.75, 3.05) is 33.2 Å². The van der Waals surface area contributed by atoms with Gasteiger partial charge in [0.15, 0.2) is 0 Å². The highest BCUT2D eigenvalue weighted by Crippen LogP contribution is 2.06. The highest BCUT2D eigenvalue weighted by atomic mass is 16.2. The first kappa shape index (κ1) is 15.9. The second-order valence-corrected chi connectivity index (χ2v) is 5.66. The molecule has 1 unspecified atom stereocenters. The number of carbonyl (C=O) groups is 2. The van der Waals surface area contributed by atoms with E-state index < -0.39 is 6.04 Å². The second kappa shape index (κ2) is 6.86. The Morgan fingerprint density at radius 1 is 1.37 bits per heavy atom. The Morgan fingerprint density at radius 3 is 2.53 bits per heavy atom. The predicted octanol–water partition coefficient (Wildman–Crippen LogP) is -0.752. The van der Waals surface area contributed by atoms with Gasteiger partial charge in [0.25, 0.3) is 0 Å². The maximum absolute atomic E-state index is 12.0. The van der Waals surface area contributed by atoms with E-state index in [1.165, 1.54) is 0 Å². The van der Waals surface area contributed by atoms with Crippen molar-refractivity contribution in [3.63, 3.8) is 0 Å². The number of hydrogen-bond donors (Lipinski definition) is 2. The van der Waals surface area contributed by atoms with E-state index in [1.54, 1.807) is 4.90 Å². The molecule has 19 heavy (non-hydrogen) atoms. The van der Waals surface area contributed by atoms with Crippen LogP contribution < -0.4 is 11.1 Å². The van der Waals surface area contributed by atoms with Crippen LogP contribution in [0, 0.1) is 5.92 Å². The first-order chi connectivity index (χ1) is 8.82. The third kappa shape index (κ3) is 4.47. The van der Waals surface area contributed by atoms with Crippen LogP contribution in [-0.4, -0.2) is 66.9 Å². The van der Waals surface area contributed by atoms with Crippen LogP contribution in [0.25, 0.3) is 0 Å². The van der Waals surface area contributed by atoms with Gasteiger partial charge in [-0.15, -0.1) is 0 Å². The van der Waals surface area contributed by atoms with Gasteiger partial charge in [0, 0.05) is 25.7 Å². The van der Waals surface area contributed by atoms with E-state index in [4.69, 9.17) is 5.73 Å². The number of nitrogens with zero attached hydrogens (tertiary/aromatic N) is 2. The van der Waals surface area contributed by atoms with Gasteiger partial charge in [-0.05, 0) is 19.9 Å². The molecule has 0 aromatic carbocycles. The quantitative estimate of drug-likeness (QED) is 0.704. The molecule has 110 valence electrons. The van der Waals surface area contributed by atoms with E-state index in [9.17, 15) is 9.59 Å². The molecule has 1 heterocycles. The van der Waals surface area contributed by atoms with Crippen molar-refractivity contribution in [1.82, 2.24) is 15.1 Å². The van der Waals surface area contributed by atoms with Crippen molar-refractivity contribution in [1.29, 1.82) is 0 Å². The normalized spacial score (nSPS) is 22.4. The molecule has 0 radical (unpaired) electrons. The zero-order valence-electron chi connectivity index (χ0n) is 12.3. The van der Waals surface area contributed by atoms with Gasteiger partial charge in [-0.1, -0.05) is 13.8 Å². The summed E-state index contributed by atoms with van der Waals surface area (Å²) >= 11 is 0. The number of carbonyl (C=O) groups excluding carboxylic acids is 2. The lowest BCUT2D eigenvalue weighted by Crippen LogP contribution is -2.55. The maximum atomic E-state index is 12.0. The van der Waals surface area contributed by atoms with E-state index >= 15 is 0 Å². The fourth-order valence-electron chi connectivity index (χ4n) is 1.97. The summed E-state index contributed by atoms with van der Waals surface area (Å²) in [5, 5.41) is 2.62. The molecule has 1 aliphatic heterocycles. The Balaban J connectivity index is 2.37. The molecular weight excluding hydrogens is 244 g/mol.